The molecule has 12 nitrogen and oxygen atoms in total. The molecule has 8 rings (SSSR count). The van der Waals surface area contributed by atoms with E-state index in [2.05, 4.69) is 44.4 Å². The summed E-state index contributed by atoms with van der Waals surface area (Å²) in [5, 5.41) is 55.6. The number of phenolic OH excluding ortho intramolecular Hbond substituents is 1. The van der Waals surface area contributed by atoms with Gasteiger partial charge < -0.3 is 9.84 Å². The molecule has 0 unspecified atom stereocenters. The first-order valence-electron chi connectivity index (χ1n) is 20.5. The van der Waals surface area contributed by atoms with E-state index < -0.39 is 7.54 Å². The highest BCUT2D eigenvalue weighted by Gasteiger charge is 2.18. The highest BCUT2D eigenvalue weighted by molar-refractivity contribution is 7.97. The van der Waals surface area contributed by atoms with Crippen molar-refractivity contribution in [3.63, 3.8) is 0 Å². The van der Waals surface area contributed by atoms with Crippen molar-refractivity contribution in [1.82, 2.24) is 29.5 Å². The third-order valence-corrected chi connectivity index (χ3v) is 9.65. The minimum absolute atomic E-state index is 0.123. The molecule has 4 heterocycles. The Labute approximate surface area is 397 Å². The quantitative estimate of drug-likeness (QED) is 0.136. The first-order chi connectivity index (χ1) is 32.8. The lowest BCUT2D eigenvalue weighted by Crippen LogP contribution is -1.95. The Morgan fingerprint density at radius 3 is 1.38 bits per heavy atom. The third-order valence-electron chi connectivity index (χ3n) is 9.65. The van der Waals surface area contributed by atoms with Crippen LogP contribution in [-0.4, -0.2) is 61.8 Å². The Morgan fingerprint density at radius 1 is 0.588 bits per heavy atom. The van der Waals surface area contributed by atoms with Crippen LogP contribution in [0, 0.1) is 59.2 Å². The normalized spacial score (nSPS) is 9.94. The van der Waals surface area contributed by atoms with E-state index in [9.17, 15) is 18.1 Å². The topological polar surface area (TPSA) is 186 Å². The minimum atomic E-state index is -3.67. The van der Waals surface area contributed by atoms with Gasteiger partial charge in [-0.05, 0) is 134 Å². The van der Waals surface area contributed by atoms with Crippen LogP contribution in [0.4, 0.5) is 12.9 Å². The van der Waals surface area contributed by atoms with E-state index in [0.717, 1.165) is 78.5 Å². The molecule has 0 atom stereocenters. The maximum Gasteiger partial charge on any atom is 0.762 e. The summed E-state index contributed by atoms with van der Waals surface area (Å²) in [6.07, 6.45) is 11.3. The summed E-state index contributed by atoms with van der Waals surface area (Å²) < 4.78 is 37.7. The summed E-state index contributed by atoms with van der Waals surface area (Å²) in [4.78, 5) is 8.96. The van der Waals surface area contributed by atoms with Crippen molar-refractivity contribution in [1.29, 1.82) is 21.0 Å². The number of nitrogens with zero attached hydrogens (tertiary/aromatic N) is 10. The number of rotatable bonds is 9. The molecule has 0 saturated carbocycles. The molecule has 0 radical (unpaired) electrons. The summed E-state index contributed by atoms with van der Waals surface area (Å²) in [7, 11) is -2.03. The molecule has 0 fully saturated rings. The maximum absolute atomic E-state index is 10.0. The van der Waals surface area contributed by atoms with Gasteiger partial charge >= 0.3 is 7.54 Å². The molecule has 68 heavy (non-hydrogen) atoms. The number of aromatic hydroxyl groups is 1. The van der Waals surface area contributed by atoms with Gasteiger partial charge in [-0.1, -0.05) is 24.3 Å². The molecule has 0 aliphatic rings. The molecule has 0 aliphatic heterocycles. The fourth-order valence-electron chi connectivity index (χ4n) is 6.84. The number of phenols is 1. The van der Waals surface area contributed by atoms with Crippen LogP contribution < -0.4 is 4.74 Å². The molecule has 0 aliphatic carbocycles. The molecule has 1 N–H and O–H groups in total. The second kappa shape index (κ2) is 24.6. The Kier molecular flexibility index (Phi) is 18.2. The first kappa shape index (κ1) is 50.4. The van der Waals surface area contributed by atoms with Crippen molar-refractivity contribution in [3.05, 3.63) is 156 Å². The van der Waals surface area contributed by atoms with E-state index in [1.165, 1.54) is 0 Å². The molecule has 0 amide bonds. The Bertz CT molecular complexity index is 3130. The van der Waals surface area contributed by atoms with Crippen molar-refractivity contribution in [2.24, 2.45) is 0 Å². The van der Waals surface area contributed by atoms with Crippen LogP contribution in [-0.2, 0) is 13.1 Å². The number of hydrogen-bond acceptors (Lipinski definition) is 11. The predicted octanol–water partition coefficient (Wildman–Crippen LogP) is 11.5. The highest BCUT2D eigenvalue weighted by Crippen LogP contribution is 2.36. The maximum atomic E-state index is 10.0. The third kappa shape index (κ3) is 13.7. The predicted molar refractivity (Wildman–Crippen MR) is 260 cm³/mol. The largest absolute Gasteiger partial charge is 0.762 e. The molecule has 0 saturated heterocycles. The van der Waals surface area contributed by atoms with Gasteiger partial charge in [-0.25, -0.2) is 0 Å². The summed E-state index contributed by atoms with van der Waals surface area (Å²) in [6.45, 7) is 4.19. The van der Waals surface area contributed by atoms with Crippen LogP contribution in [0.25, 0.3) is 67.3 Å². The van der Waals surface area contributed by atoms with Gasteiger partial charge in [0.2, 0.25) is 0 Å². The number of aryl methyl sites for hydroxylation is 2. The van der Waals surface area contributed by atoms with Crippen molar-refractivity contribution >= 4 is 19.3 Å². The standard InChI is InChI=1S/C25H19N5O.C24H17N5O.C2H6S.BF3/c1-17-11-21(13-22(12-17)31-2)25-23(16-30(29-25)10-8-26)20-7-9-28-24(14-20)19-5-3-18(15-27)4-6-19;1-16-10-20(12-21(30)11-16)24-22(15-29(28-24)9-7-25)19-6-8-27-23(13-19)18-4-2-17(14-26)3-5-18;1-3-2;2-1(3)4/h3-7,9,11-14,16H,10H2,1-2H3;2-6,8,10-13,15,30H,9H2,1H3;1-2H3;. The van der Waals surface area contributed by atoms with Crippen molar-refractivity contribution < 1.29 is 22.8 Å². The van der Waals surface area contributed by atoms with E-state index in [4.69, 9.17) is 25.8 Å². The lowest BCUT2D eigenvalue weighted by Gasteiger charge is -2.08. The van der Waals surface area contributed by atoms with E-state index in [1.54, 1.807) is 77.0 Å². The molecule has 4 aromatic heterocycles. The number of aromatic nitrogens is 6. The molecule has 0 bridgehead atoms. The summed E-state index contributed by atoms with van der Waals surface area (Å²) in [5.41, 5.74) is 13.3. The molecule has 17 heteroatoms. The van der Waals surface area contributed by atoms with Crippen LogP contribution in [0.3, 0.4) is 0 Å². The zero-order valence-corrected chi connectivity index (χ0v) is 38.4. The lowest BCUT2D eigenvalue weighted by molar-refractivity contribution is 0.414. The van der Waals surface area contributed by atoms with Gasteiger partial charge in [0.1, 0.15) is 36.0 Å². The minimum Gasteiger partial charge on any atom is -0.508 e. The van der Waals surface area contributed by atoms with E-state index in [-0.39, 0.29) is 18.8 Å². The lowest BCUT2D eigenvalue weighted by atomic mass is 9.99. The summed E-state index contributed by atoms with van der Waals surface area (Å²) >= 11 is 1.75. The van der Waals surface area contributed by atoms with Gasteiger partial charge in [-0.3, -0.25) is 32.3 Å². The molecule has 4 aromatic carbocycles. The van der Waals surface area contributed by atoms with Gasteiger partial charge in [0.05, 0.1) is 53.9 Å². The molecular formula is C51H42BF3N10O2S. The highest BCUT2D eigenvalue weighted by atomic mass is 32.2. The van der Waals surface area contributed by atoms with Crippen molar-refractivity contribution in [3.8, 4) is 103 Å². The van der Waals surface area contributed by atoms with Crippen LogP contribution in [0.2, 0.25) is 0 Å². The van der Waals surface area contributed by atoms with E-state index in [1.807, 2.05) is 112 Å². The Balaban J connectivity index is 0.000000224. The molecule has 0 spiro atoms. The Hall–Kier alpha value is -8.64. The number of ether oxygens (including phenoxy) is 1. The molecule has 8 aromatic rings. The van der Waals surface area contributed by atoms with Gasteiger partial charge in [0.25, 0.3) is 0 Å². The first-order valence-corrected chi connectivity index (χ1v) is 22.1. The second-order valence-electron chi connectivity index (χ2n) is 14.7. The number of benzene rings is 4. The number of nitriles is 4. The monoisotopic (exact) mass is 926 g/mol. The second-order valence-corrected chi connectivity index (χ2v) is 15.5. The van der Waals surface area contributed by atoms with Crippen molar-refractivity contribution in [2.75, 3.05) is 19.6 Å². The smallest absolute Gasteiger partial charge is 0.508 e. The van der Waals surface area contributed by atoms with Gasteiger partial charge in [0.15, 0.2) is 0 Å². The summed E-state index contributed by atoms with van der Waals surface area (Å²) in [6, 6.07) is 42.1. The van der Waals surface area contributed by atoms with Crippen LogP contribution in [0.1, 0.15) is 22.3 Å². The van der Waals surface area contributed by atoms with Crippen LogP contribution in [0.15, 0.2) is 134 Å². The van der Waals surface area contributed by atoms with Crippen LogP contribution >= 0.6 is 11.8 Å². The Morgan fingerprint density at radius 2 is 1.00 bits per heavy atom. The van der Waals surface area contributed by atoms with E-state index >= 15 is 0 Å². The number of pyridine rings is 2. The van der Waals surface area contributed by atoms with Gasteiger partial charge in [-0.15, -0.1) is 0 Å². The molecular weight excluding hydrogens is 885 g/mol. The van der Waals surface area contributed by atoms with Gasteiger partial charge in [-0.2, -0.15) is 43.0 Å². The SMILES string of the molecule is COc1cc(C)cc(-c2nn(CC#N)cc2-c2ccnc(-c3ccc(C#N)cc3)c2)c1.CSC.Cc1cc(O)cc(-c2nn(CC#N)cc2-c2ccnc(-c3ccc(C#N)cc3)c2)c1.FB(F)F. The zero-order valence-electron chi connectivity index (χ0n) is 37.6. The van der Waals surface area contributed by atoms with Crippen molar-refractivity contribution in [2.45, 2.75) is 26.9 Å². The fourth-order valence-corrected chi connectivity index (χ4v) is 6.84. The number of thioether (sulfide) groups is 1. The molecule has 338 valence electrons. The average molecular weight is 927 g/mol. The van der Waals surface area contributed by atoms with E-state index in [0.29, 0.717) is 16.8 Å². The summed E-state index contributed by atoms with van der Waals surface area (Å²) in [5.74, 6) is 0.919. The number of halogens is 3. The number of methoxy groups -OCH3 is 1. The fraction of sp³-hybridized carbons (Fsp3) is 0.137. The van der Waals surface area contributed by atoms with Gasteiger partial charge in [0, 0.05) is 58.2 Å². The average Bonchev–Trinajstić information content (AvgIpc) is 3.97. The number of hydrogen-bond donors (Lipinski definition) is 1. The van der Waals surface area contributed by atoms with Crippen LogP contribution in [0.5, 0.6) is 11.5 Å². The zero-order chi connectivity index (χ0) is 49.2.